The summed E-state index contributed by atoms with van der Waals surface area (Å²) in [6, 6.07) is 14.4. The standard InChI is InChI=1S/C32H37F3N4O4.Li.H/c1-20(28(40)41)25-8-6-5-7-23(25)11-14-27-26(32(33,34)35)19-36-29(38-27)37-24-12-9-21(10-13-24)22-15-17-39(18-16-22)30(42)43-31(2,3)4;;/h5-10,12-13,19-20,22H,11,14-18H2,1-4H3,(H,40,41)(H,36,37,38);;. The Morgan fingerprint density at radius 1 is 1.05 bits per heavy atom. The van der Waals surface area contributed by atoms with Crippen molar-refractivity contribution in [2.24, 2.45) is 0 Å². The Hall–Kier alpha value is -3.55. The number of carbonyl (C=O) groups excluding carboxylic acids is 1. The van der Waals surface area contributed by atoms with Crippen LogP contribution >= 0.6 is 0 Å². The van der Waals surface area contributed by atoms with Crippen LogP contribution in [0.1, 0.15) is 80.3 Å². The van der Waals surface area contributed by atoms with E-state index in [9.17, 15) is 27.9 Å². The van der Waals surface area contributed by atoms with Crippen molar-refractivity contribution < 1.29 is 32.6 Å². The second kappa shape index (κ2) is 14.5. The molecule has 1 unspecified atom stereocenters. The van der Waals surface area contributed by atoms with Crippen molar-refractivity contribution >= 4 is 42.6 Å². The number of nitrogens with zero attached hydrogens (tertiary/aromatic N) is 3. The SMILES string of the molecule is CC(C(=O)O)c1ccccc1CCc1nc(Nc2ccc(C3CCN(C(=O)OC(C)(C)C)CC3)cc2)ncc1C(F)(F)F.[LiH]. The molecular formula is C32H38F3LiN4O4. The van der Waals surface area contributed by atoms with E-state index in [0.29, 0.717) is 29.9 Å². The third-order valence-corrected chi connectivity index (χ3v) is 7.48. The number of hydrogen-bond donors (Lipinski definition) is 2. The van der Waals surface area contributed by atoms with Gasteiger partial charge in [-0.05, 0) is 88.1 Å². The summed E-state index contributed by atoms with van der Waals surface area (Å²) in [5.74, 6) is -1.49. The van der Waals surface area contributed by atoms with Gasteiger partial charge in [-0.1, -0.05) is 36.4 Å². The number of likely N-dealkylation sites (tertiary alicyclic amines) is 1. The number of benzene rings is 2. The Kier molecular flexibility index (Phi) is 11.5. The van der Waals surface area contributed by atoms with Crippen molar-refractivity contribution in [2.45, 2.75) is 77.0 Å². The van der Waals surface area contributed by atoms with Gasteiger partial charge in [0.15, 0.2) is 0 Å². The summed E-state index contributed by atoms with van der Waals surface area (Å²) in [7, 11) is 0. The van der Waals surface area contributed by atoms with Gasteiger partial charge >= 0.3 is 37.1 Å². The third kappa shape index (κ3) is 9.23. The van der Waals surface area contributed by atoms with Crippen LogP contribution in [0, 0.1) is 0 Å². The van der Waals surface area contributed by atoms with Crippen LogP contribution in [-0.2, 0) is 28.5 Å². The number of carbonyl (C=O) groups is 2. The molecule has 0 aliphatic carbocycles. The van der Waals surface area contributed by atoms with Crippen LogP contribution in [0.25, 0.3) is 0 Å². The first-order valence-electron chi connectivity index (χ1n) is 14.3. The zero-order valence-electron chi connectivity index (χ0n) is 24.7. The average molecular weight is 607 g/mol. The minimum atomic E-state index is -4.64. The number of rotatable bonds is 8. The van der Waals surface area contributed by atoms with Gasteiger partial charge in [-0.25, -0.2) is 14.8 Å². The van der Waals surface area contributed by atoms with Crippen LogP contribution in [0.5, 0.6) is 0 Å². The van der Waals surface area contributed by atoms with E-state index in [0.717, 1.165) is 24.6 Å². The topological polar surface area (TPSA) is 105 Å². The zero-order chi connectivity index (χ0) is 31.4. The van der Waals surface area contributed by atoms with Crippen LogP contribution in [-0.4, -0.2) is 69.6 Å². The predicted octanol–water partition coefficient (Wildman–Crippen LogP) is 6.68. The van der Waals surface area contributed by atoms with Gasteiger partial charge in [0.05, 0.1) is 17.2 Å². The first-order valence-corrected chi connectivity index (χ1v) is 14.3. The van der Waals surface area contributed by atoms with Gasteiger partial charge in [-0.15, -0.1) is 0 Å². The first kappa shape index (κ1) is 34.9. The number of halogens is 3. The van der Waals surface area contributed by atoms with Crippen LogP contribution in [0.2, 0.25) is 0 Å². The van der Waals surface area contributed by atoms with E-state index in [-0.39, 0.29) is 55.4 Å². The Balaban J connectivity index is 0.00000529. The molecule has 2 heterocycles. The first-order chi connectivity index (χ1) is 20.2. The minimum absolute atomic E-state index is 0. The molecular weight excluding hydrogens is 568 g/mol. The number of ether oxygens (including phenoxy) is 1. The summed E-state index contributed by atoms with van der Waals surface area (Å²) in [6.45, 7) is 8.27. The summed E-state index contributed by atoms with van der Waals surface area (Å²) < 4.78 is 46.9. The summed E-state index contributed by atoms with van der Waals surface area (Å²) in [5.41, 5.74) is 1.32. The summed E-state index contributed by atoms with van der Waals surface area (Å²) in [5, 5.41) is 12.4. The van der Waals surface area contributed by atoms with E-state index < -0.39 is 29.2 Å². The van der Waals surface area contributed by atoms with Crippen molar-refractivity contribution in [3.05, 3.63) is 82.7 Å². The molecule has 8 nitrogen and oxygen atoms in total. The molecule has 1 fully saturated rings. The quantitative estimate of drug-likeness (QED) is 0.276. The molecule has 232 valence electrons. The fraction of sp³-hybridized carbons (Fsp3) is 0.438. The molecule has 0 bridgehead atoms. The molecule has 12 heteroatoms. The molecule has 4 rings (SSSR count). The number of piperidine rings is 1. The predicted molar refractivity (Wildman–Crippen MR) is 164 cm³/mol. The van der Waals surface area contributed by atoms with Crippen LogP contribution < -0.4 is 5.32 Å². The normalized spacial score (nSPS) is 14.8. The number of aliphatic carboxylic acids is 1. The van der Waals surface area contributed by atoms with Gasteiger partial charge in [0.25, 0.3) is 0 Å². The maximum atomic E-state index is 13.8. The number of amides is 1. The fourth-order valence-corrected chi connectivity index (χ4v) is 5.16. The van der Waals surface area contributed by atoms with Crippen LogP contribution in [0.4, 0.5) is 29.6 Å². The van der Waals surface area contributed by atoms with Gasteiger partial charge in [0.2, 0.25) is 5.95 Å². The van der Waals surface area contributed by atoms with Crippen molar-refractivity contribution in [3.8, 4) is 0 Å². The van der Waals surface area contributed by atoms with Gasteiger partial charge in [-0.3, -0.25) is 4.79 Å². The molecule has 1 atom stereocenters. The monoisotopic (exact) mass is 606 g/mol. The molecule has 0 saturated carbocycles. The van der Waals surface area contributed by atoms with Crippen LogP contribution in [0.3, 0.4) is 0 Å². The van der Waals surface area contributed by atoms with Crippen molar-refractivity contribution in [3.63, 3.8) is 0 Å². The number of nitrogens with one attached hydrogen (secondary N) is 1. The Bertz CT molecular complexity index is 1440. The fourth-order valence-electron chi connectivity index (χ4n) is 5.16. The third-order valence-electron chi connectivity index (χ3n) is 7.48. The molecule has 1 saturated heterocycles. The molecule has 3 aromatic rings. The molecule has 2 aromatic carbocycles. The number of aromatic nitrogens is 2. The molecule has 1 aliphatic heterocycles. The molecule has 2 N–H and O–H groups in total. The Morgan fingerprint density at radius 2 is 1.68 bits per heavy atom. The molecule has 0 spiro atoms. The second-order valence-corrected chi connectivity index (χ2v) is 11.8. The average Bonchev–Trinajstić information content (AvgIpc) is 2.95. The number of aryl methyl sites for hydroxylation is 2. The number of carboxylic acid groups (broad SMARTS) is 1. The van der Waals surface area contributed by atoms with E-state index in [1.165, 1.54) is 0 Å². The van der Waals surface area contributed by atoms with Crippen molar-refractivity contribution in [1.82, 2.24) is 14.9 Å². The van der Waals surface area contributed by atoms with Gasteiger partial charge in [0.1, 0.15) is 5.60 Å². The molecule has 1 amide bonds. The van der Waals surface area contributed by atoms with E-state index in [1.807, 2.05) is 45.0 Å². The van der Waals surface area contributed by atoms with Crippen molar-refractivity contribution in [2.75, 3.05) is 18.4 Å². The number of hydrogen-bond acceptors (Lipinski definition) is 6. The molecule has 1 aromatic heterocycles. The zero-order valence-corrected chi connectivity index (χ0v) is 24.7. The van der Waals surface area contributed by atoms with E-state index >= 15 is 0 Å². The summed E-state index contributed by atoms with van der Waals surface area (Å²) in [4.78, 5) is 33.7. The van der Waals surface area contributed by atoms with E-state index in [2.05, 4.69) is 15.3 Å². The maximum absolute atomic E-state index is 13.8. The second-order valence-electron chi connectivity index (χ2n) is 11.8. The van der Waals surface area contributed by atoms with E-state index in [4.69, 9.17) is 4.74 Å². The number of carboxylic acids is 1. The number of alkyl halides is 3. The van der Waals surface area contributed by atoms with Gasteiger partial charge in [0, 0.05) is 25.0 Å². The summed E-state index contributed by atoms with van der Waals surface area (Å²) >= 11 is 0. The Morgan fingerprint density at radius 3 is 2.27 bits per heavy atom. The van der Waals surface area contributed by atoms with Crippen LogP contribution in [0.15, 0.2) is 54.7 Å². The van der Waals surface area contributed by atoms with Gasteiger partial charge in [-0.2, -0.15) is 13.2 Å². The van der Waals surface area contributed by atoms with E-state index in [1.54, 1.807) is 36.1 Å². The van der Waals surface area contributed by atoms with Gasteiger partial charge < -0.3 is 20.1 Å². The Labute approximate surface area is 267 Å². The number of anilines is 2. The summed E-state index contributed by atoms with van der Waals surface area (Å²) in [6.07, 6.45) is -2.42. The molecule has 0 radical (unpaired) electrons. The molecule has 1 aliphatic rings. The van der Waals surface area contributed by atoms with Crippen molar-refractivity contribution in [1.29, 1.82) is 0 Å². The molecule has 44 heavy (non-hydrogen) atoms.